The first kappa shape index (κ1) is 41.7. The van der Waals surface area contributed by atoms with Crippen molar-refractivity contribution in [1.82, 2.24) is 4.90 Å². The number of esters is 1. The molecule has 5 atom stereocenters. The molecular formula is C47H63NO8. The maximum absolute atomic E-state index is 15.0. The highest BCUT2D eigenvalue weighted by molar-refractivity contribution is 6.19. The lowest BCUT2D eigenvalue weighted by Crippen LogP contribution is -2.72. The van der Waals surface area contributed by atoms with Crippen LogP contribution in [0.4, 0.5) is 0 Å². The largest absolute Gasteiger partial charge is 0.506 e. The number of fused-ring (bicyclic) bond motifs is 2. The molecule has 1 saturated heterocycles. The number of phenols is 1. The molecular weight excluding hydrogens is 707 g/mol. The van der Waals surface area contributed by atoms with E-state index < -0.39 is 34.3 Å². The fourth-order valence-corrected chi connectivity index (χ4v) is 9.60. The molecule has 0 radical (unpaired) electrons. The van der Waals surface area contributed by atoms with Gasteiger partial charge in [-0.3, -0.25) is 9.59 Å². The third kappa shape index (κ3) is 7.12. The van der Waals surface area contributed by atoms with Crippen molar-refractivity contribution >= 4 is 23.6 Å². The van der Waals surface area contributed by atoms with Crippen LogP contribution in [0.25, 0.3) is 6.08 Å². The van der Waals surface area contributed by atoms with Crippen molar-refractivity contribution in [3.8, 4) is 17.2 Å². The van der Waals surface area contributed by atoms with Gasteiger partial charge in [0.1, 0.15) is 28.4 Å². The Morgan fingerprint density at radius 2 is 1.68 bits per heavy atom. The van der Waals surface area contributed by atoms with Gasteiger partial charge >= 0.3 is 5.97 Å². The Balaban J connectivity index is 1.37. The quantitative estimate of drug-likeness (QED) is 0.0762. The average Bonchev–Trinajstić information content (AvgIpc) is 3.29. The van der Waals surface area contributed by atoms with E-state index in [1.54, 1.807) is 19.1 Å². The van der Waals surface area contributed by atoms with Crippen LogP contribution >= 0.6 is 0 Å². The van der Waals surface area contributed by atoms with Crippen LogP contribution < -0.4 is 9.47 Å². The number of carbonyl (C=O) groups is 3. The minimum atomic E-state index is -1.59. The van der Waals surface area contributed by atoms with Crippen LogP contribution in [0.2, 0.25) is 0 Å². The van der Waals surface area contributed by atoms with Gasteiger partial charge in [-0.2, -0.15) is 0 Å². The van der Waals surface area contributed by atoms with Crippen molar-refractivity contribution in [2.24, 2.45) is 11.8 Å². The Bertz CT molecular complexity index is 1920. The van der Waals surface area contributed by atoms with Crippen LogP contribution in [-0.4, -0.2) is 76.2 Å². The van der Waals surface area contributed by atoms with Gasteiger partial charge in [0.15, 0.2) is 22.8 Å². The van der Waals surface area contributed by atoms with E-state index in [1.807, 2.05) is 46.8 Å². The highest BCUT2D eigenvalue weighted by atomic mass is 16.6. The number of ketones is 2. The topological polar surface area (TPSA) is 112 Å². The van der Waals surface area contributed by atoms with Crippen molar-refractivity contribution in [2.75, 3.05) is 26.2 Å². The first-order valence-electron chi connectivity index (χ1n) is 20.8. The van der Waals surface area contributed by atoms with Crippen LogP contribution in [0.1, 0.15) is 136 Å². The van der Waals surface area contributed by atoms with Crippen LogP contribution in [0.15, 0.2) is 52.7 Å². The summed E-state index contributed by atoms with van der Waals surface area (Å²) in [5.41, 5.74) is -0.428. The van der Waals surface area contributed by atoms with E-state index in [-0.39, 0.29) is 41.0 Å². The first-order valence-corrected chi connectivity index (χ1v) is 20.8. The van der Waals surface area contributed by atoms with Crippen molar-refractivity contribution in [1.29, 1.82) is 0 Å². The van der Waals surface area contributed by atoms with Crippen LogP contribution in [0.5, 0.6) is 17.2 Å². The number of allylic oxidation sites excluding steroid dienone is 5. The number of ether oxygens (including phenoxy) is 4. The average molecular weight is 770 g/mol. The summed E-state index contributed by atoms with van der Waals surface area (Å²) in [6, 6.07) is 0. The number of hydrogen-bond acceptors (Lipinski definition) is 9. The van der Waals surface area contributed by atoms with E-state index in [1.165, 1.54) is 5.57 Å². The maximum atomic E-state index is 15.0. The Hall–Kier alpha value is -3.95. The smallest absolute Gasteiger partial charge is 0.333 e. The lowest BCUT2D eigenvalue weighted by atomic mass is 9.51. The first-order chi connectivity index (χ1) is 26.4. The van der Waals surface area contributed by atoms with Gasteiger partial charge in [0.05, 0.1) is 17.8 Å². The lowest BCUT2D eigenvalue weighted by Gasteiger charge is -2.56. The molecule has 1 aromatic carbocycles. The monoisotopic (exact) mass is 769 g/mol. The van der Waals surface area contributed by atoms with Crippen LogP contribution in [-0.2, 0) is 25.5 Å². The number of carbonyl (C=O) groups excluding carboxylic acids is 3. The Labute approximate surface area is 333 Å². The van der Waals surface area contributed by atoms with Crippen molar-refractivity contribution in [3.63, 3.8) is 0 Å². The summed E-state index contributed by atoms with van der Waals surface area (Å²) in [5, 5.41) is 12.0. The molecule has 1 spiro atoms. The zero-order chi connectivity index (χ0) is 40.8. The molecule has 5 unspecified atom stereocenters. The number of unbranched alkanes of at least 4 members (excludes halogenated alkanes) is 2. The van der Waals surface area contributed by atoms with Gasteiger partial charge in [-0.05, 0) is 132 Å². The molecule has 3 aliphatic carbocycles. The zero-order valence-corrected chi connectivity index (χ0v) is 35.4. The molecule has 4 bridgehead atoms. The van der Waals surface area contributed by atoms with E-state index in [0.29, 0.717) is 53.9 Å². The second-order valence-corrected chi connectivity index (χ2v) is 17.7. The molecule has 2 fully saturated rings. The van der Waals surface area contributed by atoms with Gasteiger partial charge in [0.25, 0.3) is 0 Å². The fourth-order valence-electron chi connectivity index (χ4n) is 9.60. The minimum Gasteiger partial charge on any atom is -0.506 e. The molecule has 7 rings (SSSR count). The Kier molecular flexibility index (Phi) is 11.7. The molecule has 3 aliphatic heterocycles. The van der Waals surface area contributed by atoms with Crippen molar-refractivity contribution in [2.45, 2.75) is 143 Å². The minimum absolute atomic E-state index is 0.0227. The molecule has 1 N–H and O–H groups in total. The molecule has 304 valence electrons. The maximum Gasteiger partial charge on any atom is 0.333 e. The predicted octanol–water partition coefficient (Wildman–Crippen LogP) is 9.21. The number of hydrogen-bond donors (Lipinski definition) is 1. The van der Waals surface area contributed by atoms with Gasteiger partial charge < -0.3 is 29.0 Å². The van der Waals surface area contributed by atoms with Crippen LogP contribution in [0.3, 0.4) is 0 Å². The lowest BCUT2D eigenvalue weighted by molar-refractivity contribution is -0.171. The summed E-state index contributed by atoms with van der Waals surface area (Å²) < 4.78 is 26.7. The van der Waals surface area contributed by atoms with E-state index in [0.717, 1.165) is 50.9 Å². The molecule has 6 aliphatic rings. The van der Waals surface area contributed by atoms with Gasteiger partial charge in [-0.1, -0.05) is 49.3 Å². The van der Waals surface area contributed by atoms with E-state index >= 15 is 4.79 Å². The number of rotatable bonds is 16. The molecule has 9 heteroatoms. The molecule has 1 aromatic rings. The highest BCUT2D eigenvalue weighted by Crippen LogP contribution is 2.68. The SMILES string of the molecule is CCN(CC)CCCCCOC(=O)/C(C)=C\CC12OC(C)(C)C3CC(C=C4C(=O)c5c(O)c6c(c(CC=C(C)C)c5OC431)OC(C)(CCC=C(C)C)C=C6)C2=O. The van der Waals surface area contributed by atoms with Gasteiger partial charge in [-0.25, -0.2) is 4.79 Å². The number of benzene rings is 1. The van der Waals surface area contributed by atoms with Crippen LogP contribution in [0, 0.1) is 11.8 Å². The third-order valence-corrected chi connectivity index (χ3v) is 12.7. The van der Waals surface area contributed by atoms with E-state index in [2.05, 4.69) is 44.7 Å². The second-order valence-electron chi connectivity index (χ2n) is 17.7. The van der Waals surface area contributed by atoms with Crippen molar-refractivity contribution < 1.29 is 38.4 Å². The third-order valence-electron chi connectivity index (χ3n) is 12.7. The zero-order valence-electron chi connectivity index (χ0n) is 35.4. The van der Waals surface area contributed by atoms with Gasteiger partial charge in [0.2, 0.25) is 0 Å². The summed E-state index contributed by atoms with van der Waals surface area (Å²) in [5.74, 6) is -1.40. The standard InChI is InChI=1S/C47H63NO8/c1-11-48(12-2)25-14-13-15-26-53-43(52)31(7)20-24-46-42(51)32-27-35-39(50)37-38(49)33-21-23-45(10,22-16-17-29(3)4)54-40(33)34(19-18-30(5)6)41(37)55-47(35,46)36(28-32)44(8,9)56-46/h17-18,20-21,23,27,32,36,49H,11-16,19,22,24-26,28H2,1-10H3/b31-20-. The number of phenolic OH excluding ortho intramolecular Hbond substituents is 1. The Morgan fingerprint density at radius 1 is 0.964 bits per heavy atom. The second kappa shape index (κ2) is 15.8. The van der Waals surface area contributed by atoms with E-state index in [9.17, 15) is 14.7 Å². The van der Waals surface area contributed by atoms with Gasteiger partial charge in [-0.15, -0.1) is 0 Å². The number of nitrogens with zero attached hydrogens (tertiary/aromatic N) is 1. The summed E-state index contributed by atoms with van der Waals surface area (Å²) >= 11 is 0. The van der Waals surface area contributed by atoms with E-state index in [4.69, 9.17) is 18.9 Å². The molecule has 1 saturated carbocycles. The highest BCUT2D eigenvalue weighted by Gasteiger charge is 2.81. The number of aromatic hydroxyl groups is 1. The summed E-state index contributed by atoms with van der Waals surface area (Å²) in [6.07, 6.45) is 16.7. The fraction of sp³-hybridized carbons (Fsp3) is 0.596. The summed E-state index contributed by atoms with van der Waals surface area (Å²) in [4.78, 5) is 45.3. The molecule has 56 heavy (non-hydrogen) atoms. The van der Waals surface area contributed by atoms with Crippen molar-refractivity contribution in [3.05, 3.63) is 69.4 Å². The normalized spacial score (nSPS) is 27.8. The molecule has 0 amide bonds. The molecule has 9 nitrogen and oxygen atoms in total. The summed E-state index contributed by atoms with van der Waals surface area (Å²) in [7, 11) is 0. The van der Waals surface area contributed by atoms with Gasteiger partial charge in [0, 0.05) is 35.0 Å². The Morgan fingerprint density at radius 3 is 2.36 bits per heavy atom. The summed E-state index contributed by atoms with van der Waals surface area (Å²) in [6.45, 7) is 23.5. The predicted molar refractivity (Wildman–Crippen MR) is 219 cm³/mol. The molecule has 0 aromatic heterocycles. The number of Topliss-reactive ketones (excluding diaryl/α,β-unsaturated/α-hetero) is 2. The molecule has 3 heterocycles.